The van der Waals surface area contributed by atoms with E-state index in [9.17, 15) is 4.79 Å². The molecule has 0 aliphatic heterocycles. The lowest BCUT2D eigenvalue weighted by Gasteiger charge is -2.13. The van der Waals surface area contributed by atoms with Crippen molar-refractivity contribution in [1.82, 2.24) is 30.2 Å². The van der Waals surface area contributed by atoms with Crippen molar-refractivity contribution in [2.24, 2.45) is 0 Å². The Morgan fingerprint density at radius 1 is 1.32 bits per heavy atom. The zero-order chi connectivity index (χ0) is 18.0. The van der Waals surface area contributed by atoms with Crippen LogP contribution in [0.4, 0.5) is 4.79 Å². The van der Waals surface area contributed by atoms with Crippen LogP contribution in [0.2, 0.25) is 0 Å². The summed E-state index contributed by atoms with van der Waals surface area (Å²) in [6.07, 6.45) is 3.49. The molecule has 2 N–H and O–H groups in total. The van der Waals surface area contributed by atoms with Crippen LogP contribution < -0.4 is 10.6 Å². The summed E-state index contributed by atoms with van der Waals surface area (Å²) in [7, 11) is 0. The van der Waals surface area contributed by atoms with Gasteiger partial charge in [0.2, 0.25) is 5.89 Å². The van der Waals surface area contributed by atoms with Crippen molar-refractivity contribution in [1.29, 1.82) is 0 Å². The van der Waals surface area contributed by atoms with Gasteiger partial charge >= 0.3 is 6.03 Å². The molecule has 25 heavy (non-hydrogen) atoms. The van der Waals surface area contributed by atoms with Crippen molar-refractivity contribution in [3.05, 3.63) is 48.1 Å². The number of rotatable bonds is 4. The second kappa shape index (κ2) is 6.54. The van der Waals surface area contributed by atoms with Gasteiger partial charge in [0.05, 0.1) is 18.3 Å². The number of nitrogens with zero attached hydrogens (tertiary/aromatic N) is 4. The SMILES string of the molecule is CC(NC(=O)NCc1nc(C(C)(C)C)co1)c1nnc2ccccn12. The third-order valence-electron chi connectivity index (χ3n) is 3.80. The molecule has 0 aliphatic carbocycles. The number of amides is 2. The lowest BCUT2D eigenvalue weighted by molar-refractivity contribution is 0.235. The Labute approximate surface area is 145 Å². The molecule has 1 unspecified atom stereocenters. The van der Waals surface area contributed by atoms with E-state index in [1.54, 1.807) is 6.26 Å². The summed E-state index contributed by atoms with van der Waals surface area (Å²) in [5.41, 5.74) is 1.50. The quantitative estimate of drug-likeness (QED) is 0.759. The maximum Gasteiger partial charge on any atom is 0.315 e. The molecule has 0 saturated carbocycles. The van der Waals surface area contributed by atoms with Crippen LogP contribution >= 0.6 is 0 Å². The van der Waals surface area contributed by atoms with Gasteiger partial charge in [-0.2, -0.15) is 0 Å². The fourth-order valence-electron chi connectivity index (χ4n) is 2.36. The topological polar surface area (TPSA) is 97.3 Å². The largest absolute Gasteiger partial charge is 0.447 e. The number of carbonyl (C=O) groups excluding carboxylic acids is 1. The van der Waals surface area contributed by atoms with Crippen LogP contribution in [0.1, 0.15) is 51.1 Å². The maximum absolute atomic E-state index is 12.1. The lowest BCUT2D eigenvalue weighted by atomic mass is 9.93. The number of fused-ring (bicyclic) bond motifs is 1. The number of aromatic nitrogens is 4. The molecular weight excluding hydrogens is 320 g/mol. The summed E-state index contributed by atoms with van der Waals surface area (Å²) in [4.78, 5) is 16.5. The molecule has 2 amide bonds. The third kappa shape index (κ3) is 3.78. The van der Waals surface area contributed by atoms with E-state index in [0.29, 0.717) is 11.7 Å². The highest BCUT2D eigenvalue weighted by molar-refractivity contribution is 5.74. The van der Waals surface area contributed by atoms with E-state index in [4.69, 9.17) is 4.42 Å². The average Bonchev–Trinajstić information content (AvgIpc) is 3.19. The number of pyridine rings is 1. The minimum Gasteiger partial charge on any atom is -0.447 e. The first-order valence-electron chi connectivity index (χ1n) is 8.13. The summed E-state index contributed by atoms with van der Waals surface area (Å²) in [6, 6.07) is 5.02. The number of urea groups is 1. The highest BCUT2D eigenvalue weighted by Crippen LogP contribution is 2.20. The molecule has 8 nitrogen and oxygen atoms in total. The van der Waals surface area contributed by atoms with Gasteiger partial charge in [-0.25, -0.2) is 9.78 Å². The number of hydrogen-bond acceptors (Lipinski definition) is 5. The summed E-state index contributed by atoms with van der Waals surface area (Å²) < 4.78 is 7.24. The van der Waals surface area contributed by atoms with Crippen molar-refractivity contribution in [2.75, 3.05) is 0 Å². The molecule has 0 aliphatic rings. The maximum atomic E-state index is 12.1. The first kappa shape index (κ1) is 16.9. The van der Waals surface area contributed by atoms with Crippen LogP contribution in [0, 0.1) is 0 Å². The smallest absolute Gasteiger partial charge is 0.315 e. The second-order valence-corrected chi connectivity index (χ2v) is 6.91. The van der Waals surface area contributed by atoms with E-state index < -0.39 is 0 Å². The predicted octanol–water partition coefficient (Wildman–Crippen LogP) is 2.58. The van der Waals surface area contributed by atoms with Crippen molar-refractivity contribution in [3.8, 4) is 0 Å². The summed E-state index contributed by atoms with van der Waals surface area (Å²) >= 11 is 0. The van der Waals surface area contributed by atoms with Crippen LogP contribution in [-0.4, -0.2) is 25.6 Å². The van der Waals surface area contributed by atoms with Crippen LogP contribution in [0.5, 0.6) is 0 Å². The van der Waals surface area contributed by atoms with Gasteiger partial charge in [-0.1, -0.05) is 26.8 Å². The lowest BCUT2D eigenvalue weighted by Crippen LogP contribution is -2.37. The van der Waals surface area contributed by atoms with Gasteiger partial charge in [0, 0.05) is 11.6 Å². The predicted molar refractivity (Wildman–Crippen MR) is 92.0 cm³/mol. The standard InChI is InChI=1S/C17H22N6O2/c1-11(15-22-21-13-7-5-6-8-23(13)15)19-16(24)18-9-14-20-12(10-25-14)17(2,3)4/h5-8,10-11H,9H2,1-4H3,(H2,18,19,24). The van der Waals surface area contributed by atoms with Crippen LogP contribution in [0.3, 0.4) is 0 Å². The Morgan fingerprint density at radius 3 is 2.84 bits per heavy atom. The van der Waals surface area contributed by atoms with Crippen LogP contribution in [0.15, 0.2) is 35.1 Å². The molecule has 0 spiro atoms. The molecule has 0 radical (unpaired) electrons. The minimum atomic E-state index is -0.323. The second-order valence-electron chi connectivity index (χ2n) is 6.91. The highest BCUT2D eigenvalue weighted by Gasteiger charge is 2.19. The van der Waals surface area contributed by atoms with Gasteiger partial charge in [-0.15, -0.1) is 10.2 Å². The van der Waals surface area contributed by atoms with Crippen molar-refractivity contribution >= 4 is 11.7 Å². The number of carbonyl (C=O) groups is 1. The monoisotopic (exact) mass is 342 g/mol. The Bertz CT molecular complexity index is 877. The molecule has 132 valence electrons. The Hall–Kier alpha value is -2.90. The molecule has 0 saturated heterocycles. The van der Waals surface area contributed by atoms with E-state index in [1.807, 2.05) is 35.7 Å². The summed E-state index contributed by atoms with van der Waals surface area (Å²) in [5, 5.41) is 13.8. The van der Waals surface area contributed by atoms with Crippen molar-refractivity contribution in [2.45, 2.75) is 45.7 Å². The molecule has 0 bridgehead atoms. The Morgan fingerprint density at radius 2 is 2.12 bits per heavy atom. The van der Waals surface area contributed by atoms with Crippen molar-refractivity contribution in [3.63, 3.8) is 0 Å². The van der Waals surface area contributed by atoms with E-state index in [1.165, 1.54) is 0 Å². The van der Waals surface area contributed by atoms with Gasteiger partial charge in [-0.3, -0.25) is 4.40 Å². The van der Waals surface area contributed by atoms with E-state index in [-0.39, 0.29) is 24.0 Å². The average molecular weight is 342 g/mol. The first-order valence-corrected chi connectivity index (χ1v) is 8.13. The molecule has 3 aromatic heterocycles. The number of nitrogens with one attached hydrogen (secondary N) is 2. The van der Waals surface area contributed by atoms with Gasteiger partial charge in [0.15, 0.2) is 11.5 Å². The molecule has 3 aromatic rings. The molecular formula is C17H22N6O2. The molecule has 3 rings (SSSR count). The summed E-state index contributed by atoms with van der Waals surface area (Å²) in [5.74, 6) is 1.14. The Kier molecular flexibility index (Phi) is 4.43. The van der Waals surface area contributed by atoms with Crippen LogP contribution in [-0.2, 0) is 12.0 Å². The third-order valence-corrected chi connectivity index (χ3v) is 3.80. The molecule has 0 aromatic carbocycles. The van der Waals surface area contributed by atoms with Crippen molar-refractivity contribution < 1.29 is 9.21 Å². The normalized spacial score (nSPS) is 13.0. The fraction of sp³-hybridized carbons (Fsp3) is 0.412. The van der Waals surface area contributed by atoms with Crippen LogP contribution in [0.25, 0.3) is 5.65 Å². The van der Waals surface area contributed by atoms with Gasteiger partial charge in [0.1, 0.15) is 6.26 Å². The summed E-state index contributed by atoms with van der Waals surface area (Å²) in [6.45, 7) is 8.24. The number of oxazole rings is 1. The molecule has 8 heteroatoms. The molecule has 0 fully saturated rings. The first-order chi connectivity index (χ1) is 11.8. The zero-order valence-electron chi connectivity index (χ0n) is 14.8. The number of hydrogen-bond donors (Lipinski definition) is 2. The van der Waals surface area contributed by atoms with E-state index in [2.05, 4.69) is 46.6 Å². The Balaban J connectivity index is 1.58. The molecule has 3 heterocycles. The van der Waals surface area contributed by atoms with E-state index >= 15 is 0 Å². The van der Waals surface area contributed by atoms with Gasteiger partial charge in [0.25, 0.3) is 0 Å². The minimum absolute atomic E-state index is 0.0900. The van der Waals surface area contributed by atoms with Gasteiger partial charge in [-0.05, 0) is 19.1 Å². The molecule has 1 atom stereocenters. The zero-order valence-corrected chi connectivity index (χ0v) is 14.8. The highest BCUT2D eigenvalue weighted by atomic mass is 16.3. The van der Waals surface area contributed by atoms with E-state index in [0.717, 1.165) is 11.3 Å². The van der Waals surface area contributed by atoms with Gasteiger partial charge < -0.3 is 15.1 Å². The fourth-order valence-corrected chi connectivity index (χ4v) is 2.36.